The maximum absolute atomic E-state index is 12.9. The Morgan fingerprint density at radius 3 is 1.16 bits per heavy atom. The van der Waals surface area contributed by atoms with Crippen LogP contribution in [-0.2, 0) is 9.59 Å². The molecule has 4 aromatic carbocycles. The van der Waals surface area contributed by atoms with E-state index in [0.29, 0.717) is 17.5 Å². The van der Waals surface area contributed by atoms with Crippen LogP contribution < -0.4 is 0 Å². The van der Waals surface area contributed by atoms with Gasteiger partial charge in [-0.25, -0.2) is 0 Å². The molecule has 0 saturated heterocycles. The highest BCUT2D eigenvalue weighted by Gasteiger charge is 2.22. The topological polar surface area (TPSA) is 99.3 Å². The highest BCUT2D eigenvalue weighted by Crippen LogP contribution is 2.34. The van der Waals surface area contributed by atoms with E-state index < -0.39 is 12.1 Å². The van der Waals surface area contributed by atoms with Crippen LogP contribution in [0, 0.1) is 41.5 Å². The Morgan fingerprint density at radius 1 is 0.571 bits per heavy atom. The third kappa shape index (κ3) is 8.96. The van der Waals surface area contributed by atoms with Gasteiger partial charge in [0.25, 0.3) is 0 Å². The fourth-order valence-corrected chi connectivity index (χ4v) is 6.47. The Balaban J connectivity index is 1.83. The van der Waals surface area contributed by atoms with Crippen molar-refractivity contribution in [2.24, 2.45) is 9.98 Å². The van der Waals surface area contributed by atoms with Crippen LogP contribution in [0.15, 0.2) is 106 Å². The van der Waals surface area contributed by atoms with Gasteiger partial charge in [0.2, 0.25) is 0 Å². The van der Waals surface area contributed by atoms with E-state index in [9.17, 15) is 19.8 Å². The van der Waals surface area contributed by atoms with Crippen LogP contribution in [-0.4, -0.2) is 34.2 Å². The highest BCUT2D eigenvalue weighted by molar-refractivity contribution is 6.18. The molecule has 0 saturated carbocycles. The summed E-state index contributed by atoms with van der Waals surface area (Å²) < 4.78 is 0. The van der Waals surface area contributed by atoms with Crippen molar-refractivity contribution in [1.82, 2.24) is 0 Å². The predicted octanol–water partition coefficient (Wildman–Crippen LogP) is 9.97. The summed E-state index contributed by atoms with van der Waals surface area (Å²) in [6, 6.07) is 26.4. The van der Waals surface area contributed by atoms with E-state index >= 15 is 0 Å². The molecule has 6 nitrogen and oxygen atoms in total. The number of Topliss-reactive ketones (excluding diaryl/α,β-unsaturated/α-hetero) is 2. The summed E-state index contributed by atoms with van der Waals surface area (Å²) in [7, 11) is 0. The van der Waals surface area contributed by atoms with E-state index in [1.54, 1.807) is 0 Å². The molecule has 252 valence electrons. The second-order valence-electron chi connectivity index (χ2n) is 12.8. The van der Waals surface area contributed by atoms with Crippen LogP contribution in [0.3, 0.4) is 0 Å². The lowest BCUT2D eigenvalue weighted by molar-refractivity contribution is -0.114. The molecule has 0 bridgehead atoms. The molecule has 0 aliphatic carbocycles. The molecule has 49 heavy (non-hydrogen) atoms. The Morgan fingerprint density at radius 2 is 0.878 bits per heavy atom. The quantitative estimate of drug-likeness (QED) is 0.0902. The molecular formula is C43H46N2O4. The summed E-state index contributed by atoms with van der Waals surface area (Å²) in [6.07, 6.45) is 3.31. The number of allylic oxidation sites excluding steroid dienone is 2. The fourth-order valence-electron chi connectivity index (χ4n) is 6.47. The summed E-state index contributed by atoms with van der Waals surface area (Å²) in [5, 5.41) is 22.9. The fraction of sp³-hybridized carbons (Fsp3) is 0.256. The molecule has 0 spiro atoms. The lowest BCUT2D eigenvalue weighted by Crippen LogP contribution is -2.10. The van der Waals surface area contributed by atoms with Crippen LogP contribution in [0.25, 0.3) is 11.5 Å². The molecule has 4 aromatic rings. The summed E-state index contributed by atoms with van der Waals surface area (Å²) in [5.74, 6) is -0.829. The minimum atomic E-state index is -0.467. The first-order valence-corrected chi connectivity index (χ1v) is 16.5. The van der Waals surface area contributed by atoms with Crippen molar-refractivity contribution >= 4 is 35.5 Å². The van der Waals surface area contributed by atoms with Gasteiger partial charge in [0, 0.05) is 30.0 Å². The van der Waals surface area contributed by atoms with Crippen LogP contribution in [0.5, 0.6) is 0 Å². The molecule has 0 heterocycles. The summed E-state index contributed by atoms with van der Waals surface area (Å²) in [6.45, 7) is 14.5. The molecule has 0 aliphatic heterocycles. The second kappa shape index (κ2) is 16.2. The number of benzene rings is 4. The first-order valence-electron chi connectivity index (χ1n) is 16.5. The van der Waals surface area contributed by atoms with Gasteiger partial charge in [0.1, 0.15) is 11.5 Å². The van der Waals surface area contributed by atoms with Crippen LogP contribution in [0.1, 0.15) is 88.0 Å². The van der Waals surface area contributed by atoms with Gasteiger partial charge in [-0.05, 0) is 88.8 Å². The number of hydrogen-bond donors (Lipinski definition) is 2. The Bertz CT molecular complexity index is 1780. The first kappa shape index (κ1) is 36.5. The molecule has 0 aliphatic rings. The Kier molecular flexibility index (Phi) is 12.0. The number of aryl methyl sites for hydroxylation is 6. The molecule has 4 rings (SSSR count). The van der Waals surface area contributed by atoms with E-state index in [1.165, 1.54) is 26.3 Å². The molecule has 6 heteroatoms. The number of carbonyl (C=O) groups excluding carboxylic acids is 2. The average molecular weight is 655 g/mol. The van der Waals surface area contributed by atoms with Gasteiger partial charge in [0.15, 0.2) is 11.6 Å². The zero-order valence-corrected chi connectivity index (χ0v) is 29.7. The number of rotatable bonds is 12. The Hall–Kier alpha value is -5.36. The zero-order valence-electron chi connectivity index (χ0n) is 29.7. The predicted molar refractivity (Wildman–Crippen MR) is 202 cm³/mol. The summed E-state index contributed by atoms with van der Waals surface area (Å²) in [4.78, 5) is 35.7. The molecule has 2 atom stereocenters. The van der Waals surface area contributed by atoms with Gasteiger partial charge in [-0.1, -0.05) is 96.1 Å². The first-order chi connectivity index (χ1) is 23.3. The zero-order chi connectivity index (χ0) is 35.8. The van der Waals surface area contributed by atoms with E-state index in [4.69, 9.17) is 9.98 Å². The number of carbonyl (C=O) groups is 2. The molecule has 0 amide bonds. The minimum absolute atomic E-state index is 0.107. The number of hydrogen-bond acceptors (Lipinski definition) is 6. The van der Waals surface area contributed by atoms with Crippen molar-refractivity contribution in [1.29, 1.82) is 0 Å². The lowest BCUT2D eigenvalue weighted by Gasteiger charge is -2.20. The Labute approximate surface area is 290 Å². The van der Waals surface area contributed by atoms with Crippen molar-refractivity contribution in [2.45, 2.75) is 73.9 Å². The number of aliphatic imine (C=N–C) groups is 2. The third-order valence-electron chi connectivity index (χ3n) is 8.68. The van der Waals surface area contributed by atoms with Crippen LogP contribution in [0.2, 0.25) is 0 Å². The molecular weight excluding hydrogens is 608 g/mol. The van der Waals surface area contributed by atoms with E-state index in [-0.39, 0.29) is 34.2 Å². The van der Waals surface area contributed by atoms with Crippen molar-refractivity contribution in [3.8, 4) is 0 Å². The molecule has 2 N–H and O–H groups in total. The SMILES string of the molecule is CC(=O)C(C=N[C@H](C[C@@H](N=CC(C(C)=O)=C(O)c1c(C)cc(C)cc1C)c1ccccc1)c1ccccc1)=C(O)c1c(C)cc(C)cc1C. The van der Waals surface area contributed by atoms with Gasteiger partial charge in [-0.2, -0.15) is 0 Å². The molecule has 0 unspecified atom stereocenters. The van der Waals surface area contributed by atoms with Crippen molar-refractivity contribution in [2.75, 3.05) is 0 Å². The summed E-state index contributed by atoms with van der Waals surface area (Å²) >= 11 is 0. The maximum Gasteiger partial charge on any atom is 0.165 e. The van der Waals surface area contributed by atoms with Gasteiger partial charge in [0.05, 0.1) is 23.2 Å². The molecule has 0 radical (unpaired) electrons. The largest absolute Gasteiger partial charge is 0.506 e. The van der Waals surface area contributed by atoms with E-state index in [1.807, 2.05) is 126 Å². The maximum atomic E-state index is 12.9. The van der Waals surface area contributed by atoms with Crippen molar-refractivity contribution in [3.05, 3.63) is 152 Å². The van der Waals surface area contributed by atoms with Gasteiger partial charge >= 0.3 is 0 Å². The monoisotopic (exact) mass is 654 g/mol. The molecule has 0 fully saturated rings. The second-order valence-corrected chi connectivity index (χ2v) is 12.8. The lowest BCUT2D eigenvalue weighted by atomic mass is 9.94. The van der Waals surface area contributed by atoms with Gasteiger partial charge in [-0.3, -0.25) is 19.6 Å². The highest BCUT2D eigenvalue weighted by atomic mass is 16.3. The van der Waals surface area contributed by atoms with Gasteiger partial charge < -0.3 is 10.2 Å². The standard InChI is InChI=1S/C43H46N2O4/c1-26-19-28(3)40(29(4)20-26)42(48)36(32(7)46)24-44-38(34-15-11-9-12-16-34)23-39(35-17-13-10-14-18-35)45-25-37(33(8)47)43(49)41-30(5)21-27(2)22-31(41)6/h9-22,24-25,38-39,48-49H,23H2,1-8H3/t38-,39-/m1/s1. The number of aliphatic hydroxyl groups is 2. The molecule has 0 aromatic heterocycles. The third-order valence-corrected chi connectivity index (χ3v) is 8.68. The number of ketones is 2. The smallest absolute Gasteiger partial charge is 0.165 e. The average Bonchev–Trinajstić information content (AvgIpc) is 3.03. The number of aliphatic hydroxyl groups excluding tert-OH is 2. The van der Waals surface area contributed by atoms with Crippen LogP contribution in [0.4, 0.5) is 0 Å². The van der Waals surface area contributed by atoms with Crippen molar-refractivity contribution in [3.63, 3.8) is 0 Å². The van der Waals surface area contributed by atoms with Gasteiger partial charge in [-0.15, -0.1) is 0 Å². The summed E-state index contributed by atoms with van der Waals surface area (Å²) in [5.41, 5.74) is 8.89. The normalized spacial score (nSPS) is 14.0. The minimum Gasteiger partial charge on any atom is -0.506 e. The van der Waals surface area contributed by atoms with Crippen molar-refractivity contribution < 1.29 is 19.8 Å². The van der Waals surface area contributed by atoms with Crippen LogP contribution >= 0.6 is 0 Å². The van der Waals surface area contributed by atoms with E-state index in [2.05, 4.69) is 0 Å². The number of nitrogens with zero attached hydrogens (tertiary/aromatic N) is 2. The van der Waals surface area contributed by atoms with E-state index in [0.717, 1.165) is 44.5 Å².